The van der Waals surface area contributed by atoms with Crippen LogP contribution in [0.3, 0.4) is 0 Å². The fourth-order valence-electron chi connectivity index (χ4n) is 1.73. The summed E-state index contributed by atoms with van der Waals surface area (Å²) in [5, 5.41) is 10.7. The molecule has 0 unspecified atom stereocenters. The highest BCUT2D eigenvalue weighted by molar-refractivity contribution is 6.52. The number of unbranched alkanes of at least 4 members (excludes halogenated alkanes) is 1. The first-order chi connectivity index (χ1) is 9.15. The molecule has 0 atom stereocenters. The van der Waals surface area contributed by atoms with Gasteiger partial charge in [0.1, 0.15) is 0 Å². The number of rotatable bonds is 4. The summed E-state index contributed by atoms with van der Waals surface area (Å²) in [5.74, 6) is -2.03. The fraction of sp³-hybridized carbons (Fsp3) is 0.231. The van der Waals surface area contributed by atoms with E-state index < -0.39 is 17.7 Å². The van der Waals surface area contributed by atoms with E-state index in [1.807, 2.05) is 6.07 Å². The molecule has 0 aliphatic carbocycles. The van der Waals surface area contributed by atoms with Crippen molar-refractivity contribution in [2.75, 3.05) is 11.9 Å². The number of para-hydroxylation sites is 1. The maximum absolute atomic E-state index is 11.8. The minimum absolute atomic E-state index is 0.123. The number of ether oxygens (including phenoxy) is 1. The maximum Gasteiger partial charge on any atom is 0.340 e. The van der Waals surface area contributed by atoms with Crippen LogP contribution in [-0.2, 0) is 9.53 Å². The SMILES string of the molecule is N#CCCCOC(=O)c1cccc2c1NC(=O)C2=O. The van der Waals surface area contributed by atoms with Gasteiger partial charge in [-0.1, -0.05) is 6.07 Å². The Morgan fingerprint density at radius 3 is 2.89 bits per heavy atom. The smallest absolute Gasteiger partial charge is 0.340 e. The summed E-state index contributed by atoms with van der Waals surface area (Å²) < 4.78 is 4.97. The number of nitrogens with zero attached hydrogens (tertiary/aromatic N) is 1. The largest absolute Gasteiger partial charge is 0.462 e. The standard InChI is InChI=1S/C13H10N2O4/c14-6-1-2-7-19-13(18)9-5-3-4-8-10(9)15-12(17)11(8)16/h3-5H,1-2,7H2,(H,15,16,17). The van der Waals surface area contributed by atoms with Crippen LogP contribution in [0.5, 0.6) is 0 Å². The van der Waals surface area contributed by atoms with Crippen LogP contribution in [0.25, 0.3) is 0 Å². The van der Waals surface area contributed by atoms with Crippen molar-refractivity contribution in [2.45, 2.75) is 12.8 Å². The van der Waals surface area contributed by atoms with Gasteiger partial charge in [0.15, 0.2) is 0 Å². The monoisotopic (exact) mass is 258 g/mol. The van der Waals surface area contributed by atoms with Gasteiger partial charge in [-0.05, 0) is 18.6 Å². The molecule has 1 aliphatic rings. The molecule has 0 bridgehead atoms. The van der Waals surface area contributed by atoms with Crippen LogP contribution in [0.2, 0.25) is 0 Å². The topological polar surface area (TPSA) is 96.3 Å². The second-order valence-electron chi connectivity index (χ2n) is 3.91. The number of hydrogen-bond acceptors (Lipinski definition) is 5. The first kappa shape index (κ1) is 12.8. The van der Waals surface area contributed by atoms with Crippen molar-refractivity contribution in [2.24, 2.45) is 0 Å². The number of nitriles is 1. The molecule has 1 aromatic rings. The first-order valence-electron chi connectivity index (χ1n) is 5.68. The number of benzene rings is 1. The van der Waals surface area contributed by atoms with Crippen LogP contribution in [0.15, 0.2) is 18.2 Å². The van der Waals surface area contributed by atoms with Gasteiger partial charge in [-0.2, -0.15) is 5.26 Å². The zero-order chi connectivity index (χ0) is 13.8. The minimum Gasteiger partial charge on any atom is -0.462 e. The third-order valence-corrected chi connectivity index (χ3v) is 2.64. The highest BCUT2D eigenvalue weighted by Crippen LogP contribution is 2.27. The Morgan fingerprint density at radius 2 is 2.16 bits per heavy atom. The van der Waals surface area contributed by atoms with Gasteiger partial charge in [-0.15, -0.1) is 0 Å². The molecule has 2 rings (SSSR count). The Hall–Kier alpha value is -2.68. The second kappa shape index (κ2) is 5.31. The van der Waals surface area contributed by atoms with Crippen molar-refractivity contribution >= 4 is 23.3 Å². The summed E-state index contributed by atoms with van der Waals surface area (Å²) in [6, 6.07) is 6.41. The highest BCUT2D eigenvalue weighted by atomic mass is 16.5. The van der Waals surface area contributed by atoms with Crippen LogP contribution in [0.1, 0.15) is 33.6 Å². The number of fused-ring (bicyclic) bond motifs is 1. The van der Waals surface area contributed by atoms with E-state index in [9.17, 15) is 14.4 Å². The lowest BCUT2D eigenvalue weighted by molar-refractivity contribution is -0.112. The molecule has 96 valence electrons. The van der Waals surface area contributed by atoms with Crippen LogP contribution < -0.4 is 5.32 Å². The number of carbonyl (C=O) groups is 3. The van der Waals surface area contributed by atoms with Crippen molar-refractivity contribution in [3.63, 3.8) is 0 Å². The van der Waals surface area contributed by atoms with Gasteiger partial charge < -0.3 is 10.1 Å². The van der Waals surface area contributed by atoms with Crippen LogP contribution in [0.4, 0.5) is 5.69 Å². The molecule has 0 aromatic heterocycles. The van der Waals surface area contributed by atoms with Crippen LogP contribution >= 0.6 is 0 Å². The number of hydrogen-bond donors (Lipinski definition) is 1. The summed E-state index contributed by atoms with van der Waals surface area (Å²) in [6.07, 6.45) is 0.748. The Morgan fingerprint density at radius 1 is 1.37 bits per heavy atom. The number of amides is 1. The van der Waals surface area contributed by atoms with E-state index in [1.54, 1.807) is 0 Å². The highest BCUT2D eigenvalue weighted by Gasteiger charge is 2.31. The molecule has 1 amide bonds. The molecule has 0 saturated heterocycles. The molecule has 0 radical (unpaired) electrons. The lowest BCUT2D eigenvalue weighted by atomic mass is 10.1. The molecule has 1 aromatic carbocycles. The van der Waals surface area contributed by atoms with Crippen molar-refractivity contribution in [1.29, 1.82) is 5.26 Å². The van der Waals surface area contributed by atoms with Crippen molar-refractivity contribution < 1.29 is 19.1 Å². The van der Waals surface area contributed by atoms with Gasteiger partial charge in [0, 0.05) is 6.42 Å². The molecule has 6 heteroatoms. The van der Waals surface area contributed by atoms with Gasteiger partial charge in [0.05, 0.1) is 29.5 Å². The summed E-state index contributed by atoms with van der Waals surface area (Å²) in [7, 11) is 0. The Bertz CT molecular complexity index is 601. The number of esters is 1. The second-order valence-corrected chi connectivity index (χ2v) is 3.91. The average Bonchev–Trinajstić information content (AvgIpc) is 2.70. The lowest BCUT2D eigenvalue weighted by Gasteiger charge is -2.07. The third-order valence-electron chi connectivity index (χ3n) is 2.64. The number of Topliss-reactive ketones (excluding diaryl/α,β-unsaturated/α-hetero) is 1. The molecule has 6 nitrogen and oxygen atoms in total. The molecule has 0 fully saturated rings. The number of carbonyl (C=O) groups excluding carboxylic acids is 3. The zero-order valence-corrected chi connectivity index (χ0v) is 9.93. The number of ketones is 1. The molecule has 19 heavy (non-hydrogen) atoms. The molecular formula is C13H10N2O4. The summed E-state index contributed by atoms with van der Waals surface area (Å²) >= 11 is 0. The maximum atomic E-state index is 11.8. The molecular weight excluding hydrogens is 248 g/mol. The van der Waals surface area contributed by atoms with E-state index >= 15 is 0 Å². The number of nitrogens with one attached hydrogen (secondary N) is 1. The van der Waals surface area contributed by atoms with E-state index in [0.29, 0.717) is 12.8 Å². The van der Waals surface area contributed by atoms with E-state index in [0.717, 1.165) is 0 Å². The average molecular weight is 258 g/mol. The van der Waals surface area contributed by atoms with E-state index in [1.165, 1.54) is 18.2 Å². The quantitative estimate of drug-likeness (QED) is 0.498. The van der Waals surface area contributed by atoms with Gasteiger partial charge in [-0.25, -0.2) is 4.79 Å². The van der Waals surface area contributed by atoms with E-state index in [4.69, 9.17) is 10.00 Å². The van der Waals surface area contributed by atoms with Crippen molar-refractivity contribution in [3.8, 4) is 6.07 Å². The lowest BCUT2D eigenvalue weighted by Crippen LogP contribution is -2.13. The number of anilines is 1. The van der Waals surface area contributed by atoms with Crippen molar-refractivity contribution in [3.05, 3.63) is 29.3 Å². The van der Waals surface area contributed by atoms with Gasteiger partial charge in [-0.3, -0.25) is 9.59 Å². The van der Waals surface area contributed by atoms with E-state index in [2.05, 4.69) is 5.32 Å². The van der Waals surface area contributed by atoms with Gasteiger partial charge >= 0.3 is 5.97 Å². The molecule has 0 spiro atoms. The predicted molar refractivity (Wildman–Crippen MR) is 64.5 cm³/mol. The molecule has 1 aliphatic heterocycles. The van der Waals surface area contributed by atoms with Crippen LogP contribution in [0, 0.1) is 11.3 Å². The summed E-state index contributed by atoms with van der Waals surface area (Å²) in [6.45, 7) is 0.123. The normalized spacial score (nSPS) is 12.6. The summed E-state index contributed by atoms with van der Waals surface area (Å²) in [5.41, 5.74) is 0.521. The Kier molecular flexibility index (Phi) is 3.57. The van der Waals surface area contributed by atoms with Crippen LogP contribution in [-0.4, -0.2) is 24.3 Å². The summed E-state index contributed by atoms with van der Waals surface area (Å²) in [4.78, 5) is 34.5. The Balaban J connectivity index is 2.15. The van der Waals surface area contributed by atoms with Crippen molar-refractivity contribution in [1.82, 2.24) is 0 Å². The Labute approximate surface area is 109 Å². The van der Waals surface area contributed by atoms with Gasteiger partial charge in [0.25, 0.3) is 11.7 Å². The predicted octanol–water partition coefficient (Wildman–Crippen LogP) is 1.28. The minimum atomic E-state index is -0.750. The molecule has 1 N–H and O–H groups in total. The third kappa shape index (κ3) is 2.45. The fourth-order valence-corrected chi connectivity index (χ4v) is 1.73. The first-order valence-corrected chi connectivity index (χ1v) is 5.68. The zero-order valence-electron chi connectivity index (χ0n) is 9.93. The molecule has 0 saturated carbocycles. The van der Waals surface area contributed by atoms with E-state index in [-0.39, 0.29) is 23.4 Å². The molecule has 1 heterocycles. The van der Waals surface area contributed by atoms with Gasteiger partial charge in [0.2, 0.25) is 0 Å².